The first-order valence-corrected chi connectivity index (χ1v) is 4.69. The van der Waals surface area contributed by atoms with E-state index in [1.165, 1.54) is 20.0 Å². The standard InChI is InChI=1S/C10H17NO3/c1-4-5-6-14-10(8(2)12)7-11-9(3)13/h7H,4-6H2,1-3H3,(H,11,13)/b10-7+. The Hall–Kier alpha value is -1.32. The lowest BCUT2D eigenvalue weighted by atomic mass is 10.3. The van der Waals surface area contributed by atoms with Crippen molar-refractivity contribution < 1.29 is 14.3 Å². The highest BCUT2D eigenvalue weighted by molar-refractivity contribution is 5.91. The van der Waals surface area contributed by atoms with Crippen LogP contribution in [0.3, 0.4) is 0 Å². The number of carbonyl (C=O) groups excluding carboxylic acids is 2. The molecule has 0 fully saturated rings. The summed E-state index contributed by atoms with van der Waals surface area (Å²) in [4.78, 5) is 21.6. The average Bonchev–Trinajstić information content (AvgIpc) is 2.10. The van der Waals surface area contributed by atoms with E-state index >= 15 is 0 Å². The SMILES string of the molecule is CCCCO/C(=C/NC(C)=O)C(C)=O. The normalized spacial score (nSPS) is 10.9. The molecular weight excluding hydrogens is 182 g/mol. The highest BCUT2D eigenvalue weighted by Gasteiger charge is 2.04. The monoisotopic (exact) mass is 199 g/mol. The van der Waals surface area contributed by atoms with Gasteiger partial charge in [-0.1, -0.05) is 13.3 Å². The molecule has 14 heavy (non-hydrogen) atoms. The molecule has 4 nitrogen and oxygen atoms in total. The molecule has 0 atom stereocenters. The van der Waals surface area contributed by atoms with Gasteiger partial charge in [0.05, 0.1) is 6.61 Å². The number of amides is 1. The fourth-order valence-electron chi connectivity index (χ4n) is 0.739. The Bertz CT molecular complexity index is 234. The zero-order valence-electron chi connectivity index (χ0n) is 8.92. The second-order valence-electron chi connectivity index (χ2n) is 2.97. The molecule has 0 heterocycles. The number of allylic oxidation sites excluding steroid dienone is 1. The first-order valence-electron chi connectivity index (χ1n) is 4.69. The summed E-state index contributed by atoms with van der Waals surface area (Å²) in [5, 5.41) is 2.41. The lowest BCUT2D eigenvalue weighted by Crippen LogP contribution is -2.16. The first kappa shape index (κ1) is 12.7. The Balaban J connectivity index is 4.08. The molecule has 0 aromatic carbocycles. The van der Waals surface area contributed by atoms with Crippen molar-refractivity contribution in [2.45, 2.75) is 33.6 Å². The minimum atomic E-state index is -0.220. The van der Waals surface area contributed by atoms with Crippen molar-refractivity contribution >= 4 is 11.7 Å². The molecule has 0 saturated carbocycles. The van der Waals surface area contributed by atoms with Gasteiger partial charge in [-0.3, -0.25) is 9.59 Å². The molecule has 0 rings (SSSR count). The quantitative estimate of drug-likeness (QED) is 0.399. The van der Waals surface area contributed by atoms with Crippen LogP contribution in [0.5, 0.6) is 0 Å². The summed E-state index contributed by atoms with van der Waals surface area (Å²) in [5.41, 5.74) is 0. The van der Waals surface area contributed by atoms with Crippen LogP contribution in [-0.2, 0) is 14.3 Å². The smallest absolute Gasteiger partial charge is 0.220 e. The topological polar surface area (TPSA) is 55.4 Å². The van der Waals surface area contributed by atoms with Crippen LogP contribution in [0.2, 0.25) is 0 Å². The number of hydrogen-bond acceptors (Lipinski definition) is 3. The Labute approximate surface area is 84.3 Å². The van der Waals surface area contributed by atoms with Gasteiger partial charge in [0, 0.05) is 20.0 Å². The molecule has 4 heteroatoms. The molecule has 0 aromatic rings. The number of ketones is 1. The van der Waals surface area contributed by atoms with Gasteiger partial charge >= 0.3 is 0 Å². The number of hydrogen-bond donors (Lipinski definition) is 1. The van der Waals surface area contributed by atoms with E-state index in [1.54, 1.807) is 0 Å². The third kappa shape index (κ3) is 6.22. The Kier molecular flexibility index (Phi) is 6.45. The number of Topliss-reactive ketones (excluding diaryl/α,β-unsaturated/α-hetero) is 1. The van der Waals surface area contributed by atoms with Crippen molar-refractivity contribution in [2.24, 2.45) is 0 Å². The summed E-state index contributed by atoms with van der Waals surface area (Å²) in [5.74, 6) is -0.202. The van der Waals surface area contributed by atoms with Crippen molar-refractivity contribution in [3.05, 3.63) is 12.0 Å². The molecule has 0 unspecified atom stereocenters. The summed E-state index contributed by atoms with van der Waals surface area (Å²) >= 11 is 0. The fraction of sp³-hybridized carbons (Fsp3) is 0.600. The molecular formula is C10H17NO3. The highest BCUT2D eigenvalue weighted by atomic mass is 16.5. The molecule has 0 aliphatic heterocycles. The van der Waals surface area contributed by atoms with Crippen LogP contribution in [0.25, 0.3) is 0 Å². The molecule has 0 radical (unpaired) electrons. The molecule has 0 aliphatic rings. The van der Waals surface area contributed by atoms with Crippen molar-refractivity contribution in [3.8, 4) is 0 Å². The van der Waals surface area contributed by atoms with Gasteiger partial charge in [-0.15, -0.1) is 0 Å². The van der Waals surface area contributed by atoms with Crippen molar-refractivity contribution in [1.82, 2.24) is 5.32 Å². The minimum Gasteiger partial charge on any atom is -0.488 e. The number of rotatable bonds is 6. The van der Waals surface area contributed by atoms with E-state index in [4.69, 9.17) is 4.74 Å². The number of unbranched alkanes of at least 4 members (excludes halogenated alkanes) is 1. The molecule has 0 spiro atoms. The second-order valence-corrected chi connectivity index (χ2v) is 2.97. The van der Waals surface area contributed by atoms with Crippen LogP contribution < -0.4 is 5.32 Å². The minimum absolute atomic E-state index is 0.185. The third-order valence-electron chi connectivity index (χ3n) is 1.51. The van der Waals surface area contributed by atoms with E-state index in [2.05, 4.69) is 5.32 Å². The molecule has 0 saturated heterocycles. The Morgan fingerprint density at radius 2 is 2.00 bits per heavy atom. The van der Waals surface area contributed by atoms with E-state index in [1.807, 2.05) is 6.92 Å². The maximum Gasteiger partial charge on any atom is 0.220 e. The third-order valence-corrected chi connectivity index (χ3v) is 1.51. The van der Waals surface area contributed by atoms with E-state index in [9.17, 15) is 9.59 Å². The highest BCUT2D eigenvalue weighted by Crippen LogP contribution is 2.00. The molecule has 0 aromatic heterocycles. The largest absolute Gasteiger partial charge is 0.488 e. The lowest BCUT2D eigenvalue weighted by molar-refractivity contribution is -0.118. The maximum atomic E-state index is 11.0. The van der Waals surface area contributed by atoms with Gasteiger partial charge < -0.3 is 10.1 Å². The summed E-state index contributed by atoms with van der Waals surface area (Å²) in [7, 11) is 0. The van der Waals surface area contributed by atoms with Crippen LogP contribution in [0.1, 0.15) is 33.6 Å². The van der Waals surface area contributed by atoms with Crippen LogP contribution >= 0.6 is 0 Å². The van der Waals surface area contributed by atoms with Crippen molar-refractivity contribution in [2.75, 3.05) is 6.61 Å². The van der Waals surface area contributed by atoms with Crippen LogP contribution in [0.15, 0.2) is 12.0 Å². The van der Waals surface area contributed by atoms with Crippen LogP contribution in [-0.4, -0.2) is 18.3 Å². The van der Waals surface area contributed by atoms with Gasteiger partial charge in [0.1, 0.15) is 0 Å². The number of carbonyl (C=O) groups is 2. The van der Waals surface area contributed by atoms with E-state index in [0.29, 0.717) is 6.61 Å². The van der Waals surface area contributed by atoms with Crippen LogP contribution in [0.4, 0.5) is 0 Å². The predicted molar refractivity (Wildman–Crippen MR) is 53.4 cm³/mol. The van der Waals surface area contributed by atoms with Gasteiger partial charge in [0.25, 0.3) is 0 Å². The summed E-state index contributed by atoms with van der Waals surface area (Å²) in [6.45, 7) is 5.32. The molecule has 0 bridgehead atoms. The van der Waals surface area contributed by atoms with Crippen LogP contribution in [0, 0.1) is 0 Å². The van der Waals surface area contributed by atoms with Gasteiger partial charge in [0.15, 0.2) is 11.5 Å². The average molecular weight is 199 g/mol. The summed E-state index contributed by atoms with van der Waals surface area (Å²) in [6, 6.07) is 0. The molecule has 1 amide bonds. The lowest BCUT2D eigenvalue weighted by Gasteiger charge is -2.06. The zero-order chi connectivity index (χ0) is 11.0. The Morgan fingerprint density at radius 1 is 1.36 bits per heavy atom. The zero-order valence-corrected chi connectivity index (χ0v) is 8.92. The fourth-order valence-corrected chi connectivity index (χ4v) is 0.739. The Morgan fingerprint density at radius 3 is 2.43 bits per heavy atom. The van der Waals surface area contributed by atoms with Crippen molar-refractivity contribution in [1.29, 1.82) is 0 Å². The maximum absolute atomic E-state index is 11.0. The first-order chi connectivity index (χ1) is 6.57. The van der Waals surface area contributed by atoms with E-state index < -0.39 is 0 Å². The van der Waals surface area contributed by atoms with Crippen molar-refractivity contribution in [3.63, 3.8) is 0 Å². The van der Waals surface area contributed by atoms with Gasteiger partial charge in [-0.25, -0.2) is 0 Å². The second kappa shape index (κ2) is 7.12. The van der Waals surface area contributed by atoms with Gasteiger partial charge in [-0.2, -0.15) is 0 Å². The van der Waals surface area contributed by atoms with E-state index in [-0.39, 0.29) is 17.4 Å². The van der Waals surface area contributed by atoms with Gasteiger partial charge in [-0.05, 0) is 6.42 Å². The van der Waals surface area contributed by atoms with Gasteiger partial charge in [0.2, 0.25) is 5.91 Å². The predicted octanol–water partition coefficient (Wildman–Crippen LogP) is 1.37. The molecule has 0 aliphatic carbocycles. The summed E-state index contributed by atoms with van der Waals surface area (Å²) in [6.07, 6.45) is 3.20. The molecule has 1 N–H and O–H groups in total. The number of ether oxygens (including phenoxy) is 1. The number of nitrogens with one attached hydrogen (secondary N) is 1. The molecule has 80 valence electrons. The van der Waals surface area contributed by atoms with E-state index in [0.717, 1.165) is 12.8 Å². The summed E-state index contributed by atoms with van der Waals surface area (Å²) < 4.78 is 5.19.